The summed E-state index contributed by atoms with van der Waals surface area (Å²) in [5.41, 5.74) is 4.84. The van der Waals surface area contributed by atoms with E-state index in [0.717, 1.165) is 27.8 Å². The van der Waals surface area contributed by atoms with E-state index in [0.29, 0.717) is 5.56 Å². The minimum atomic E-state index is -2.05. The largest absolute Gasteiger partial charge is 0.707 e. The lowest BCUT2D eigenvalue weighted by Crippen LogP contribution is -2.20. The molecule has 0 amide bonds. The Labute approximate surface area is 169 Å². The van der Waals surface area contributed by atoms with Crippen molar-refractivity contribution in [3.8, 4) is 44.9 Å². The van der Waals surface area contributed by atoms with Crippen LogP contribution in [0, 0.1) is 0 Å². The first-order valence-corrected chi connectivity index (χ1v) is 9.24. The van der Waals surface area contributed by atoms with Crippen molar-refractivity contribution in [1.82, 2.24) is 0 Å². The van der Waals surface area contributed by atoms with Gasteiger partial charge in [0, 0.05) is 11.1 Å². The van der Waals surface area contributed by atoms with Crippen molar-refractivity contribution >= 4 is 7.32 Å². The Morgan fingerprint density at radius 1 is 0.586 bits per heavy atom. The number of phenolic OH excluding ortho intramolecular Hbond substituents is 1. The van der Waals surface area contributed by atoms with Crippen LogP contribution in [0.2, 0.25) is 0 Å². The number of rotatable bonds is 5. The SMILES string of the molecule is OB(O)Oc1cc(-c2ccccc2)c(-c2ccccc2)c(-c2ccccc2)c1O. The molecule has 4 nitrogen and oxygen atoms in total. The molecule has 0 aliphatic rings. The molecular formula is C24H19BO4. The summed E-state index contributed by atoms with van der Waals surface area (Å²) in [6, 6.07) is 30.6. The quantitative estimate of drug-likeness (QED) is 0.436. The van der Waals surface area contributed by atoms with Gasteiger partial charge in [0.25, 0.3) is 0 Å². The Morgan fingerprint density at radius 2 is 1.03 bits per heavy atom. The number of aromatic hydroxyl groups is 1. The zero-order chi connectivity index (χ0) is 20.2. The third-order valence-corrected chi connectivity index (χ3v) is 4.71. The molecule has 29 heavy (non-hydrogen) atoms. The Bertz CT molecular complexity index is 1100. The summed E-state index contributed by atoms with van der Waals surface area (Å²) in [5, 5.41) is 29.8. The molecule has 0 aliphatic heterocycles. The van der Waals surface area contributed by atoms with Crippen LogP contribution >= 0.6 is 0 Å². The van der Waals surface area contributed by atoms with Crippen LogP contribution in [0.25, 0.3) is 33.4 Å². The van der Waals surface area contributed by atoms with E-state index in [1.165, 1.54) is 0 Å². The molecule has 4 aromatic carbocycles. The summed E-state index contributed by atoms with van der Waals surface area (Å²) in [5.74, 6) is -0.153. The van der Waals surface area contributed by atoms with Gasteiger partial charge in [0.15, 0.2) is 5.75 Å². The number of hydrogen-bond acceptors (Lipinski definition) is 4. The molecule has 0 bridgehead atoms. The molecule has 4 rings (SSSR count). The number of phenols is 1. The summed E-state index contributed by atoms with van der Waals surface area (Å²) < 4.78 is 5.12. The van der Waals surface area contributed by atoms with Crippen molar-refractivity contribution in [3.05, 3.63) is 97.1 Å². The van der Waals surface area contributed by atoms with Gasteiger partial charge < -0.3 is 19.8 Å². The van der Waals surface area contributed by atoms with Gasteiger partial charge in [0.2, 0.25) is 0 Å². The minimum Gasteiger partial charge on any atom is -0.509 e. The Hall–Kier alpha value is -3.54. The average Bonchev–Trinajstić information content (AvgIpc) is 2.76. The minimum absolute atomic E-state index is 0.00242. The smallest absolute Gasteiger partial charge is 0.509 e. The van der Waals surface area contributed by atoms with Crippen molar-refractivity contribution in [3.63, 3.8) is 0 Å². The fraction of sp³-hybridized carbons (Fsp3) is 0. The first kappa shape index (κ1) is 18.8. The average molecular weight is 382 g/mol. The monoisotopic (exact) mass is 382 g/mol. The maximum absolute atomic E-state index is 11.1. The van der Waals surface area contributed by atoms with Crippen molar-refractivity contribution in [2.45, 2.75) is 0 Å². The molecule has 0 heterocycles. The van der Waals surface area contributed by atoms with Crippen LogP contribution in [0.5, 0.6) is 11.5 Å². The summed E-state index contributed by atoms with van der Waals surface area (Å²) in [6.45, 7) is 0. The van der Waals surface area contributed by atoms with Crippen LogP contribution in [0.4, 0.5) is 0 Å². The lowest BCUT2D eigenvalue weighted by atomic mass is 9.86. The highest BCUT2D eigenvalue weighted by Crippen LogP contribution is 2.49. The highest BCUT2D eigenvalue weighted by Gasteiger charge is 2.24. The maximum Gasteiger partial charge on any atom is 0.707 e. The van der Waals surface area contributed by atoms with Gasteiger partial charge in [0.05, 0.1) is 0 Å². The summed E-state index contributed by atoms with van der Waals surface area (Å²) in [7, 11) is -2.05. The van der Waals surface area contributed by atoms with Crippen molar-refractivity contribution in [2.75, 3.05) is 0 Å². The van der Waals surface area contributed by atoms with Crippen LogP contribution in [-0.2, 0) is 0 Å². The summed E-state index contributed by atoms with van der Waals surface area (Å²) >= 11 is 0. The Balaban J connectivity index is 2.11. The Morgan fingerprint density at radius 3 is 1.52 bits per heavy atom. The van der Waals surface area contributed by atoms with Crippen LogP contribution in [-0.4, -0.2) is 22.5 Å². The van der Waals surface area contributed by atoms with Gasteiger partial charge in [-0.25, -0.2) is 0 Å². The molecule has 4 aromatic rings. The molecule has 0 atom stereocenters. The van der Waals surface area contributed by atoms with Crippen LogP contribution in [0.15, 0.2) is 97.1 Å². The predicted molar refractivity (Wildman–Crippen MR) is 115 cm³/mol. The third kappa shape index (κ3) is 3.87. The van der Waals surface area contributed by atoms with E-state index in [9.17, 15) is 15.2 Å². The van der Waals surface area contributed by atoms with Gasteiger partial charge in [0.1, 0.15) is 5.75 Å². The number of benzene rings is 4. The van der Waals surface area contributed by atoms with Gasteiger partial charge >= 0.3 is 7.32 Å². The van der Waals surface area contributed by atoms with E-state index in [-0.39, 0.29) is 11.5 Å². The molecule has 0 radical (unpaired) electrons. The first-order valence-electron chi connectivity index (χ1n) is 9.24. The van der Waals surface area contributed by atoms with Crippen molar-refractivity contribution in [1.29, 1.82) is 0 Å². The molecule has 0 saturated heterocycles. The highest BCUT2D eigenvalue weighted by atomic mass is 16.6. The molecule has 0 unspecified atom stereocenters. The molecule has 142 valence electrons. The zero-order valence-electron chi connectivity index (χ0n) is 15.6. The first-order chi connectivity index (χ1) is 14.1. The lowest BCUT2D eigenvalue weighted by Gasteiger charge is -2.21. The van der Waals surface area contributed by atoms with Crippen molar-refractivity contribution < 1.29 is 19.8 Å². The van der Waals surface area contributed by atoms with Gasteiger partial charge in [-0.05, 0) is 28.3 Å². The topological polar surface area (TPSA) is 69.9 Å². The van der Waals surface area contributed by atoms with Crippen LogP contribution in [0.3, 0.4) is 0 Å². The molecule has 0 saturated carbocycles. The predicted octanol–water partition coefficient (Wildman–Crippen LogP) is 4.74. The third-order valence-electron chi connectivity index (χ3n) is 4.71. The molecule has 3 N–H and O–H groups in total. The number of hydrogen-bond donors (Lipinski definition) is 3. The standard InChI is InChI=1S/C24H19BO4/c26-24-21(29-25(27)28)16-20(17-10-4-1-5-11-17)22(18-12-6-2-7-13-18)23(24)19-14-8-3-9-15-19/h1-16,26-28H. The summed E-state index contributed by atoms with van der Waals surface area (Å²) in [6.07, 6.45) is 0. The highest BCUT2D eigenvalue weighted by molar-refractivity contribution is 6.34. The van der Waals surface area contributed by atoms with E-state index < -0.39 is 7.32 Å². The molecule has 5 heteroatoms. The molecule has 0 aliphatic carbocycles. The van der Waals surface area contributed by atoms with E-state index in [1.807, 2.05) is 91.0 Å². The van der Waals surface area contributed by atoms with E-state index in [4.69, 9.17) is 4.65 Å². The van der Waals surface area contributed by atoms with Gasteiger partial charge in [-0.15, -0.1) is 0 Å². The molecule has 0 aromatic heterocycles. The van der Waals surface area contributed by atoms with E-state index >= 15 is 0 Å². The normalized spacial score (nSPS) is 10.6. The van der Waals surface area contributed by atoms with Gasteiger partial charge in [-0.2, -0.15) is 0 Å². The maximum atomic E-state index is 11.1. The second kappa shape index (κ2) is 8.23. The fourth-order valence-corrected chi connectivity index (χ4v) is 3.49. The van der Waals surface area contributed by atoms with Crippen molar-refractivity contribution in [2.24, 2.45) is 0 Å². The van der Waals surface area contributed by atoms with Crippen LogP contribution < -0.4 is 4.65 Å². The Kier molecular flexibility index (Phi) is 5.34. The lowest BCUT2D eigenvalue weighted by molar-refractivity contribution is 0.281. The van der Waals surface area contributed by atoms with Gasteiger partial charge in [-0.3, -0.25) is 0 Å². The second-order valence-electron chi connectivity index (χ2n) is 6.56. The summed E-state index contributed by atoms with van der Waals surface area (Å²) in [4.78, 5) is 0. The second-order valence-corrected chi connectivity index (χ2v) is 6.56. The fourth-order valence-electron chi connectivity index (χ4n) is 3.49. The molecular weight excluding hydrogens is 363 g/mol. The van der Waals surface area contributed by atoms with Gasteiger partial charge in [-0.1, -0.05) is 91.0 Å². The zero-order valence-corrected chi connectivity index (χ0v) is 15.6. The molecule has 0 fully saturated rings. The van der Waals surface area contributed by atoms with E-state index in [2.05, 4.69) is 0 Å². The van der Waals surface area contributed by atoms with E-state index in [1.54, 1.807) is 6.07 Å². The molecule has 0 spiro atoms. The van der Waals surface area contributed by atoms with Crippen LogP contribution in [0.1, 0.15) is 0 Å².